The molecule has 1 unspecified atom stereocenters. The van der Waals surface area contributed by atoms with Crippen molar-refractivity contribution >= 4 is 0 Å². The number of nitrogens with two attached hydrogens (primary N) is 1. The lowest BCUT2D eigenvalue weighted by Crippen LogP contribution is -2.05. The molecule has 0 amide bonds. The van der Waals surface area contributed by atoms with Gasteiger partial charge in [-0.3, -0.25) is 0 Å². The zero-order valence-corrected chi connectivity index (χ0v) is 8.56. The number of aromatic nitrogens is 1. The zero-order valence-electron chi connectivity index (χ0n) is 8.56. The average molecular weight is 198 g/mol. The van der Waals surface area contributed by atoms with Crippen LogP contribution in [0.3, 0.4) is 0 Å². The first-order valence-electron chi connectivity index (χ1n) is 5.36. The van der Waals surface area contributed by atoms with Gasteiger partial charge in [0.2, 0.25) is 0 Å². The molecule has 2 aromatic rings. The minimum Gasteiger partial charge on any atom is -0.324 e. The molecule has 1 heterocycles. The predicted molar refractivity (Wildman–Crippen MR) is 61.0 cm³/mol. The average Bonchev–Trinajstić information content (AvgIpc) is 2.88. The van der Waals surface area contributed by atoms with E-state index in [1.54, 1.807) is 0 Å². The van der Waals surface area contributed by atoms with E-state index in [0.29, 0.717) is 0 Å². The Morgan fingerprint density at radius 3 is 2.80 bits per heavy atom. The van der Waals surface area contributed by atoms with Crippen molar-refractivity contribution in [3.63, 3.8) is 0 Å². The van der Waals surface area contributed by atoms with Gasteiger partial charge in [-0.2, -0.15) is 0 Å². The van der Waals surface area contributed by atoms with Gasteiger partial charge in [0, 0.05) is 24.1 Å². The molecule has 2 heteroatoms. The Morgan fingerprint density at radius 2 is 2.00 bits per heavy atom. The highest BCUT2D eigenvalue weighted by atomic mass is 14.9. The van der Waals surface area contributed by atoms with Crippen LogP contribution < -0.4 is 5.73 Å². The topological polar surface area (TPSA) is 30.9 Å². The maximum Gasteiger partial charge on any atom is 0.0452 e. The molecular formula is C13H14N2. The van der Waals surface area contributed by atoms with Gasteiger partial charge in [-0.1, -0.05) is 6.07 Å². The Hall–Kier alpha value is -1.54. The number of hydrogen-bond acceptors (Lipinski definition) is 1. The summed E-state index contributed by atoms with van der Waals surface area (Å²) in [5.74, 6) is 0. The Labute approximate surface area is 89.3 Å². The minimum absolute atomic E-state index is 0.249. The summed E-state index contributed by atoms with van der Waals surface area (Å²) in [5, 5.41) is 0. The second kappa shape index (κ2) is 3.24. The lowest BCUT2D eigenvalue weighted by Gasteiger charge is -2.07. The zero-order chi connectivity index (χ0) is 10.3. The largest absolute Gasteiger partial charge is 0.324 e. The molecule has 1 aliphatic carbocycles. The van der Waals surface area contributed by atoms with Crippen LogP contribution in [0.5, 0.6) is 0 Å². The molecule has 15 heavy (non-hydrogen) atoms. The van der Waals surface area contributed by atoms with E-state index in [9.17, 15) is 0 Å². The number of fused-ring (bicyclic) bond motifs is 1. The fourth-order valence-corrected chi connectivity index (χ4v) is 2.30. The summed E-state index contributed by atoms with van der Waals surface area (Å²) in [4.78, 5) is 0. The molecule has 0 fully saturated rings. The molecule has 76 valence electrons. The third-order valence-electron chi connectivity index (χ3n) is 3.15. The molecule has 1 atom stereocenters. The second-order valence-electron chi connectivity index (χ2n) is 4.12. The van der Waals surface area contributed by atoms with Gasteiger partial charge >= 0.3 is 0 Å². The molecule has 1 aromatic heterocycles. The number of benzene rings is 1. The Balaban J connectivity index is 2.07. The monoisotopic (exact) mass is 198 g/mol. The van der Waals surface area contributed by atoms with Crippen LogP contribution in [0.4, 0.5) is 0 Å². The van der Waals surface area contributed by atoms with Crippen molar-refractivity contribution in [3.05, 3.63) is 53.9 Å². The minimum atomic E-state index is 0.249. The van der Waals surface area contributed by atoms with Crippen molar-refractivity contribution in [2.45, 2.75) is 18.9 Å². The molecule has 0 aliphatic heterocycles. The van der Waals surface area contributed by atoms with Gasteiger partial charge in [0.25, 0.3) is 0 Å². The third kappa shape index (κ3) is 1.38. The molecule has 3 rings (SSSR count). The SMILES string of the molecule is NC1CCc2cc(-n3cccc3)ccc21. The molecule has 0 bridgehead atoms. The molecule has 1 aromatic carbocycles. The standard InChI is InChI=1S/C13H14N2/c14-13-6-3-10-9-11(4-5-12(10)13)15-7-1-2-8-15/h1-2,4-5,7-9,13H,3,6,14H2. The molecule has 1 aliphatic rings. The van der Waals surface area contributed by atoms with Crippen LogP contribution in [0.2, 0.25) is 0 Å². The van der Waals surface area contributed by atoms with E-state index >= 15 is 0 Å². The lowest BCUT2D eigenvalue weighted by molar-refractivity contribution is 0.713. The fourth-order valence-electron chi connectivity index (χ4n) is 2.30. The first kappa shape index (κ1) is 8.74. The summed E-state index contributed by atoms with van der Waals surface area (Å²) in [6, 6.07) is 10.9. The van der Waals surface area contributed by atoms with Crippen molar-refractivity contribution in [3.8, 4) is 5.69 Å². The fraction of sp³-hybridized carbons (Fsp3) is 0.231. The van der Waals surface area contributed by atoms with Gasteiger partial charge in [-0.15, -0.1) is 0 Å². The van der Waals surface area contributed by atoms with Gasteiger partial charge in [0.15, 0.2) is 0 Å². The Bertz CT molecular complexity index is 471. The normalized spacial score (nSPS) is 19.1. The molecule has 0 saturated carbocycles. The summed E-state index contributed by atoms with van der Waals surface area (Å²) in [6.07, 6.45) is 6.34. The van der Waals surface area contributed by atoms with Crippen molar-refractivity contribution < 1.29 is 0 Å². The number of nitrogens with zero attached hydrogens (tertiary/aromatic N) is 1. The van der Waals surface area contributed by atoms with Crippen molar-refractivity contribution in [2.75, 3.05) is 0 Å². The van der Waals surface area contributed by atoms with Crippen LogP contribution in [0.15, 0.2) is 42.7 Å². The summed E-state index contributed by atoms with van der Waals surface area (Å²) in [7, 11) is 0. The molecule has 0 saturated heterocycles. The van der Waals surface area contributed by atoms with Crippen LogP contribution in [0, 0.1) is 0 Å². The summed E-state index contributed by atoms with van der Waals surface area (Å²) in [5.41, 5.74) is 9.97. The van der Waals surface area contributed by atoms with Crippen molar-refractivity contribution in [1.82, 2.24) is 4.57 Å². The van der Waals surface area contributed by atoms with Crippen molar-refractivity contribution in [1.29, 1.82) is 0 Å². The van der Waals surface area contributed by atoms with E-state index in [1.807, 2.05) is 12.1 Å². The maximum atomic E-state index is 6.01. The van der Waals surface area contributed by atoms with Gasteiger partial charge in [0.1, 0.15) is 0 Å². The van der Waals surface area contributed by atoms with Gasteiger partial charge < -0.3 is 10.3 Å². The van der Waals surface area contributed by atoms with Crippen LogP contribution in [0.25, 0.3) is 5.69 Å². The Kier molecular flexibility index (Phi) is 1.89. The second-order valence-corrected chi connectivity index (χ2v) is 4.12. The van der Waals surface area contributed by atoms with E-state index in [4.69, 9.17) is 5.73 Å². The van der Waals surface area contributed by atoms with Crippen molar-refractivity contribution in [2.24, 2.45) is 5.73 Å². The van der Waals surface area contributed by atoms with Gasteiger partial charge in [-0.25, -0.2) is 0 Å². The van der Waals surface area contributed by atoms with Crippen LogP contribution in [0.1, 0.15) is 23.6 Å². The number of rotatable bonds is 1. The molecule has 2 N–H and O–H groups in total. The summed E-state index contributed by atoms with van der Waals surface area (Å²) >= 11 is 0. The maximum absolute atomic E-state index is 6.01. The first-order valence-corrected chi connectivity index (χ1v) is 5.36. The van der Waals surface area contributed by atoms with Gasteiger partial charge in [-0.05, 0) is 48.2 Å². The van der Waals surface area contributed by atoms with E-state index in [-0.39, 0.29) is 6.04 Å². The number of hydrogen-bond donors (Lipinski definition) is 1. The highest BCUT2D eigenvalue weighted by Crippen LogP contribution is 2.30. The van der Waals surface area contributed by atoms with Crippen LogP contribution in [-0.4, -0.2) is 4.57 Å². The Morgan fingerprint density at radius 1 is 1.20 bits per heavy atom. The molecule has 0 spiro atoms. The third-order valence-corrected chi connectivity index (χ3v) is 3.15. The first-order chi connectivity index (χ1) is 7.34. The van der Waals surface area contributed by atoms with Crippen LogP contribution in [-0.2, 0) is 6.42 Å². The molecule has 0 radical (unpaired) electrons. The van der Waals surface area contributed by atoms with Gasteiger partial charge in [0.05, 0.1) is 0 Å². The summed E-state index contributed by atoms with van der Waals surface area (Å²) < 4.78 is 2.13. The lowest BCUT2D eigenvalue weighted by atomic mass is 10.1. The van der Waals surface area contributed by atoms with E-state index in [0.717, 1.165) is 12.8 Å². The highest BCUT2D eigenvalue weighted by Gasteiger charge is 2.18. The molecule has 2 nitrogen and oxygen atoms in total. The van der Waals surface area contributed by atoms with E-state index in [2.05, 4.69) is 35.2 Å². The molecular weight excluding hydrogens is 184 g/mol. The predicted octanol–water partition coefficient (Wildman–Crippen LogP) is 2.42. The quantitative estimate of drug-likeness (QED) is 0.749. The smallest absolute Gasteiger partial charge is 0.0452 e. The van der Waals surface area contributed by atoms with E-state index in [1.165, 1.54) is 16.8 Å². The number of aryl methyl sites for hydroxylation is 1. The highest BCUT2D eigenvalue weighted by molar-refractivity contribution is 5.44. The van der Waals surface area contributed by atoms with Crippen LogP contribution >= 0.6 is 0 Å². The van der Waals surface area contributed by atoms with E-state index < -0.39 is 0 Å². The summed E-state index contributed by atoms with van der Waals surface area (Å²) in [6.45, 7) is 0.